The number of hydrogen-bond donors (Lipinski definition) is 3. The number of benzene rings is 2. The smallest absolute Gasteiger partial charge is 0.320 e. The van der Waals surface area contributed by atoms with Gasteiger partial charge in [0.2, 0.25) is 0 Å². The van der Waals surface area contributed by atoms with E-state index in [0.717, 1.165) is 18.5 Å². The van der Waals surface area contributed by atoms with E-state index in [9.17, 15) is 4.79 Å². The summed E-state index contributed by atoms with van der Waals surface area (Å²) in [7, 11) is 2.00. The molecule has 1 heterocycles. The first kappa shape index (κ1) is 23.1. The Morgan fingerprint density at radius 3 is 2.59 bits per heavy atom. The van der Waals surface area contributed by atoms with Gasteiger partial charge in [0.1, 0.15) is 17.9 Å². The minimum atomic E-state index is -0.833. The van der Waals surface area contributed by atoms with Crippen molar-refractivity contribution in [1.29, 1.82) is 0 Å². The van der Waals surface area contributed by atoms with Gasteiger partial charge in [-0.1, -0.05) is 48.0 Å². The van der Waals surface area contributed by atoms with Crippen LogP contribution in [-0.2, 0) is 17.8 Å². The quantitative estimate of drug-likeness (QED) is 0.533. The number of ether oxygens (including phenoxy) is 1. The van der Waals surface area contributed by atoms with Crippen LogP contribution in [0, 0.1) is 5.92 Å². The number of rotatable bonds is 8. The lowest BCUT2D eigenvalue weighted by Crippen LogP contribution is -2.30. The number of halogens is 1. The van der Waals surface area contributed by atoms with E-state index in [1.54, 1.807) is 0 Å². The van der Waals surface area contributed by atoms with Gasteiger partial charge in [-0.15, -0.1) is 0 Å². The van der Waals surface area contributed by atoms with Gasteiger partial charge in [-0.25, -0.2) is 0 Å². The summed E-state index contributed by atoms with van der Waals surface area (Å²) < 4.78 is 6.06. The average molecular weight is 457 g/mol. The van der Waals surface area contributed by atoms with Gasteiger partial charge < -0.3 is 20.5 Å². The van der Waals surface area contributed by atoms with Crippen LogP contribution in [0.4, 0.5) is 0 Å². The molecule has 32 heavy (non-hydrogen) atoms. The van der Waals surface area contributed by atoms with E-state index >= 15 is 0 Å². The summed E-state index contributed by atoms with van der Waals surface area (Å²) in [5, 5.41) is 16.1. The number of carbonyl (C=O) groups is 1. The van der Waals surface area contributed by atoms with Crippen molar-refractivity contribution in [2.75, 3.05) is 13.6 Å². The molecule has 1 saturated heterocycles. The molecule has 2 aromatic rings. The second-order valence-corrected chi connectivity index (χ2v) is 9.53. The highest BCUT2D eigenvalue weighted by Gasteiger charge is 2.31. The third-order valence-electron chi connectivity index (χ3n) is 6.94. The lowest BCUT2D eigenvalue weighted by molar-refractivity contribution is -0.139. The molecule has 5 nitrogen and oxygen atoms in total. The molecule has 2 atom stereocenters. The summed E-state index contributed by atoms with van der Waals surface area (Å²) in [6.45, 7) is 1.44. The van der Waals surface area contributed by atoms with Crippen molar-refractivity contribution in [3.63, 3.8) is 0 Å². The fourth-order valence-corrected chi connectivity index (χ4v) is 5.49. The summed E-state index contributed by atoms with van der Waals surface area (Å²) in [6.07, 6.45) is 6.07. The first-order valence-electron chi connectivity index (χ1n) is 11.7. The Kier molecular flexibility index (Phi) is 7.71. The highest BCUT2D eigenvalue weighted by atomic mass is 35.5. The third kappa shape index (κ3) is 5.45. The van der Waals surface area contributed by atoms with E-state index in [-0.39, 0.29) is 6.10 Å². The summed E-state index contributed by atoms with van der Waals surface area (Å²) in [6, 6.07) is 14.2. The number of hydrogen-bond acceptors (Lipinski definition) is 4. The van der Waals surface area contributed by atoms with Crippen LogP contribution in [0.15, 0.2) is 42.5 Å². The second-order valence-electron chi connectivity index (χ2n) is 9.15. The average Bonchev–Trinajstić information content (AvgIpc) is 3.27. The summed E-state index contributed by atoms with van der Waals surface area (Å²) in [4.78, 5) is 11.2. The maximum Gasteiger partial charge on any atom is 0.320 e. The molecule has 0 amide bonds. The van der Waals surface area contributed by atoms with Crippen molar-refractivity contribution in [3.8, 4) is 5.75 Å². The van der Waals surface area contributed by atoms with E-state index in [1.165, 1.54) is 36.8 Å². The second kappa shape index (κ2) is 10.7. The molecular formula is C26H33ClN2O3. The fraction of sp³-hybridized carbons (Fsp3) is 0.500. The van der Waals surface area contributed by atoms with Crippen molar-refractivity contribution < 1.29 is 14.6 Å². The summed E-state index contributed by atoms with van der Waals surface area (Å²) >= 11 is 6.72. The number of nitrogens with one attached hydrogen (secondary N) is 2. The number of carboxylic acids is 1. The Balaban J connectivity index is 1.35. The van der Waals surface area contributed by atoms with Gasteiger partial charge in [-0.3, -0.25) is 4.79 Å². The Morgan fingerprint density at radius 2 is 1.88 bits per heavy atom. The van der Waals surface area contributed by atoms with Gasteiger partial charge in [0.05, 0.1) is 5.02 Å². The van der Waals surface area contributed by atoms with E-state index in [1.807, 2.05) is 19.2 Å². The maximum absolute atomic E-state index is 11.2. The minimum absolute atomic E-state index is 0.169. The van der Waals surface area contributed by atoms with Gasteiger partial charge in [0.15, 0.2) is 0 Å². The molecule has 1 aliphatic carbocycles. The van der Waals surface area contributed by atoms with Crippen LogP contribution in [0.5, 0.6) is 5.75 Å². The lowest BCUT2D eigenvalue weighted by atomic mass is 9.75. The van der Waals surface area contributed by atoms with Gasteiger partial charge in [-0.05, 0) is 73.7 Å². The molecule has 0 bridgehead atoms. The van der Waals surface area contributed by atoms with Gasteiger partial charge in [-0.2, -0.15) is 0 Å². The molecule has 0 radical (unpaired) electrons. The van der Waals surface area contributed by atoms with Crippen molar-refractivity contribution in [2.24, 2.45) is 5.92 Å². The Bertz CT molecular complexity index is 927. The highest BCUT2D eigenvalue weighted by Crippen LogP contribution is 2.40. The minimum Gasteiger partial charge on any atom is -0.487 e. The van der Waals surface area contributed by atoms with Crippen LogP contribution < -0.4 is 15.4 Å². The molecule has 1 aliphatic heterocycles. The first-order valence-corrected chi connectivity index (χ1v) is 12.1. The summed E-state index contributed by atoms with van der Waals surface area (Å²) in [5.41, 5.74) is 4.04. The van der Waals surface area contributed by atoms with Crippen molar-refractivity contribution in [2.45, 2.75) is 63.1 Å². The SMILES string of the molecule is CNCc1ccccc1[C@H]1CC[C@H](Cc2cccc(O[C@@H]3CN[C@H](C(=O)O)C3)c2Cl)CC1. The third-order valence-corrected chi connectivity index (χ3v) is 7.37. The van der Waals surface area contributed by atoms with E-state index < -0.39 is 12.0 Å². The first-order chi connectivity index (χ1) is 15.5. The zero-order valence-electron chi connectivity index (χ0n) is 18.6. The molecular weight excluding hydrogens is 424 g/mol. The molecule has 1 saturated carbocycles. The van der Waals surface area contributed by atoms with Crippen LogP contribution >= 0.6 is 11.6 Å². The van der Waals surface area contributed by atoms with E-state index in [4.69, 9.17) is 21.4 Å². The van der Waals surface area contributed by atoms with Crippen molar-refractivity contribution >= 4 is 17.6 Å². The standard InChI is InChI=1S/C26H33ClN2O3/c1-28-15-20-5-2-3-7-22(20)18-11-9-17(10-12-18)13-19-6-4-8-24(25(19)27)32-21-14-23(26(30)31)29-16-21/h2-8,17-18,21,23,28-29H,9-16H2,1H3,(H,30,31)/t17-,18-,21-,23-/m0/s1. The molecule has 0 aromatic heterocycles. The van der Waals surface area contributed by atoms with Gasteiger partial charge in [0, 0.05) is 19.5 Å². The number of carboxylic acid groups (broad SMARTS) is 1. The molecule has 0 unspecified atom stereocenters. The largest absolute Gasteiger partial charge is 0.487 e. The topological polar surface area (TPSA) is 70.6 Å². The van der Waals surface area contributed by atoms with Crippen LogP contribution in [0.2, 0.25) is 5.02 Å². The van der Waals surface area contributed by atoms with E-state index in [2.05, 4.69) is 41.0 Å². The Hall–Kier alpha value is -2.08. The molecule has 4 rings (SSSR count). The normalized spacial score (nSPS) is 25.6. The summed E-state index contributed by atoms with van der Waals surface area (Å²) in [5.74, 6) is 1.09. The highest BCUT2D eigenvalue weighted by molar-refractivity contribution is 6.32. The molecule has 6 heteroatoms. The Labute approximate surface area is 195 Å². The predicted octanol–water partition coefficient (Wildman–Crippen LogP) is 4.77. The van der Waals surface area contributed by atoms with Crippen molar-refractivity contribution in [3.05, 3.63) is 64.2 Å². The number of aliphatic carboxylic acids is 1. The van der Waals surface area contributed by atoms with Crippen LogP contribution in [0.25, 0.3) is 0 Å². The molecule has 172 valence electrons. The molecule has 2 aromatic carbocycles. The maximum atomic E-state index is 11.2. The molecule has 0 spiro atoms. The molecule has 3 N–H and O–H groups in total. The van der Waals surface area contributed by atoms with Crippen molar-refractivity contribution in [1.82, 2.24) is 10.6 Å². The zero-order chi connectivity index (χ0) is 22.5. The van der Waals surface area contributed by atoms with E-state index in [0.29, 0.717) is 35.6 Å². The monoisotopic (exact) mass is 456 g/mol. The zero-order valence-corrected chi connectivity index (χ0v) is 19.4. The molecule has 2 fully saturated rings. The van der Waals surface area contributed by atoms with Crippen LogP contribution in [0.1, 0.15) is 54.7 Å². The van der Waals surface area contributed by atoms with Gasteiger partial charge in [0.25, 0.3) is 0 Å². The van der Waals surface area contributed by atoms with Crippen LogP contribution in [-0.4, -0.2) is 36.8 Å². The predicted molar refractivity (Wildman–Crippen MR) is 128 cm³/mol. The van der Waals surface area contributed by atoms with Gasteiger partial charge >= 0.3 is 5.97 Å². The lowest BCUT2D eigenvalue weighted by Gasteiger charge is -2.30. The van der Waals surface area contributed by atoms with Crippen LogP contribution in [0.3, 0.4) is 0 Å². The fourth-order valence-electron chi connectivity index (χ4n) is 5.24. The molecule has 2 aliphatic rings. The Morgan fingerprint density at radius 1 is 1.12 bits per heavy atom.